The monoisotopic (exact) mass is 522 g/mol. The van der Waals surface area contributed by atoms with Gasteiger partial charge in [-0.1, -0.05) is 76.2 Å². The molecule has 160 valence electrons. The molecule has 0 fully saturated rings. The normalized spacial score (nSPS) is 15.7. The zero-order valence-corrected chi connectivity index (χ0v) is 19.4. The van der Waals surface area contributed by atoms with Crippen molar-refractivity contribution < 1.29 is 17.0 Å². The summed E-state index contributed by atoms with van der Waals surface area (Å²) in [5.41, 5.74) is 5.07. The highest BCUT2D eigenvalue weighted by atomic mass is 35.6. The molecule has 12 heteroatoms. The van der Waals surface area contributed by atoms with E-state index in [0.29, 0.717) is 10.6 Å². The van der Waals surface area contributed by atoms with Gasteiger partial charge in [0.1, 0.15) is 12.4 Å². The number of hydrogen-bond donors (Lipinski definition) is 2. The molecule has 0 amide bonds. The van der Waals surface area contributed by atoms with E-state index in [1.54, 1.807) is 24.3 Å². The molecule has 0 aliphatic heterocycles. The maximum atomic E-state index is 14.7. The molecule has 29 heavy (non-hydrogen) atoms. The summed E-state index contributed by atoms with van der Waals surface area (Å²) in [6.07, 6.45) is 0. The topological polar surface area (TPSA) is 81.4 Å². The fourth-order valence-corrected chi connectivity index (χ4v) is 4.42. The molecule has 2 atom stereocenters. The van der Waals surface area contributed by atoms with E-state index in [0.717, 1.165) is 6.07 Å². The molecule has 0 saturated carbocycles. The summed E-state index contributed by atoms with van der Waals surface area (Å²) in [5, 5.41) is 0.580. The first-order chi connectivity index (χ1) is 13.2. The van der Waals surface area contributed by atoms with Crippen LogP contribution in [0.25, 0.3) is 0 Å². The lowest BCUT2D eigenvalue weighted by atomic mass is 9.82. The second-order valence-corrected chi connectivity index (χ2v) is 11.0. The largest absolute Gasteiger partial charge is 0.336 e. The van der Waals surface area contributed by atoms with Gasteiger partial charge in [0.15, 0.2) is 0 Å². The minimum atomic E-state index is -4.52. The van der Waals surface area contributed by atoms with Gasteiger partial charge in [0, 0.05) is 15.6 Å². The lowest BCUT2D eigenvalue weighted by molar-refractivity contribution is 0.279. The summed E-state index contributed by atoms with van der Waals surface area (Å²) in [6.45, 7) is 0.636. The highest BCUT2D eigenvalue weighted by Gasteiger charge is 2.41. The quantitative estimate of drug-likeness (QED) is 0.484. The van der Waals surface area contributed by atoms with Crippen LogP contribution in [0.3, 0.4) is 0 Å². The van der Waals surface area contributed by atoms with Crippen LogP contribution in [0.4, 0.5) is 4.39 Å². The Morgan fingerprint density at radius 2 is 1.66 bits per heavy atom. The number of nitrogens with one attached hydrogen (secondary N) is 1. The van der Waals surface area contributed by atoms with Crippen LogP contribution in [0.5, 0.6) is 0 Å². The van der Waals surface area contributed by atoms with Crippen molar-refractivity contribution >= 4 is 68.3 Å². The number of hydrogen-bond acceptors (Lipinski definition) is 4. The summed E-state index contributed by atoms with van der Waals surface area (Å²) in [7, 11) is -4.52. The molecule has 0 aliphatic rings. The van der Waals surface area contributed by atoms with Crippen LogP contribution in [0.1, 0.15) is 24.1 Å². The molecule has 0 spiro atoms. The van der Waals surface area contributed by atoms with Crippen molar-refractivity contribution in [2.75, 3.05) is 6.61 Å². The molecule has 2 aromatic rings. The van der Waals surface area contributed by atoms with E-state index in [2.05, 4.69) is 4.72 Å². The molecule has 2 unspecified atom stereocenters. The lowest BCUT2D eigenvalue weighted by Crippen LogP contribution is -2.51. The standard InChI is InChI=1S/C17H16Cl5FN2O3S/c1-16(13-7-6-12(19)8-14(13)23,15(24)10-2-4-11(18)5-3-10)25-29(26,27)28-9-17(20,21)22/h2-8,15,25H,9,24H2,1H3. The van der Waals surface area contributed by atoms with Crippen LogP contribution in [0.15, 0.2) is 42.5 Å². The van der Waals surface area contributed by atoms with Gasteiger partial charge in [0.05, 0.1) is 11.6 Å². The maximum absolute atomic E-state index is 14.7. The first-order valence-electron chi connectivity index (χ1n) is 7.95. The van der Waals surface area contributed by atoms with Gasteiger partial charge in [-0.2, -0.15) is 13.1 Å². The third kappa shape index (κ3) is 6.82. The van der Waals surface area contributed by atoms with Crippen LogP contribution in [-0.4, -0.2) is 18.8 Å². The Kier molecular flexibility index (Phi) is 8.10. The Labute approximate surface area is 193 Å². The van der Waals surface area contributed by atoms with E-state index >= 15 is 0 Å². The minimum Gasteiger partial charge on any atom is -0.322 e. The van der Waals surface area contributed by atoms with Gasteiger partial charge in [-0.25, -0.2) is 4.39 Å². The van der Waals surface area contributed by atoms with Crippen LogP contribution in [0.2, 0.25) is 10.0 Å². The average molecular weight is 525 g/mol. The van der Waals surface area contributed by atoms with Crippen molar-refractivity contribution in [1.29, 1.82) is 0 Å². The number of halogens is 6. The third-order valence-corrected chi connectivity index (χ3v) is 5.97. The molecular weight excluding hydrogens is 509 g/mol. The van der Waals surface area contributed by atoms with Crippen molar-refractivity contribution in [3.05, 3.63) is 69.5 Å². The predicted octanol–water partition coefficient (Wildman–Crippen LogP) is 5.27. The molecule has 5 nitrogen and oxygen atoms in total. The van der Waals surface area contributed by atoms with E-state index in [1.165, 1.54) is 19.1 Å². The minimum absolute atomic E-state index is 0.0644. The number of rotatable bonds is 7. The third-order valence-electron chi connectivity index (χ3n) is 4.06. The zero-order valence-electron chi connectivity index (χ0n) is 14.8. The smallest absolute Gasteiger partial charge is 0.322 e. The number of benzene rings is 2. The van der Waals surface area contributed by atoms with Crippen molar-refractivity contribution in [1.82, 2.24) is 4.72 Å². The first kappa shape index (κ1) is 24.9. The van der Waals surface area contributed by atoms with Crippen molar-refractivity contribution in [3.8, 4) is 0 Å². The lowest BCUT2D eigenvalue weighted by Gasteiger charge is -2.37. The second kappa shape index (κ2) is 9.42. The molecule has 3 N–H and O–H groups in total. The van der Waals surface area contributed by atoms with E-state index in [-0.39, 0.29) is 10.6 Å². The van der Waals surface area contributed by atoms with Crippen molar-refractivity contribution in [2.24, 2.45) is 5.73 Å². The fraction of sp³-hybridized carbons (Fsp3) is 0.294. The van der Waals surface area contributed by atoms with Gasteiger partial charge >= 0.3 is 10.3 Å². The van der Waals surface area contributed by atoms with E-state index in [9.17, 15) is 12.8 Å². The number of nitrogens with two attached hydrogens (primary N) is 1. The molecule has 0 aromatic heterocycles. The summed E-state index contributed by atoms with van der Waals surface area (Å²) in [5.74, 6) is -0.770. The van der Waals surface area contributed by atoms with Crippen LogP contribution < -0.4 is 10.5 Å². The summed E-state index contributed by atoms with van der Waals surface area (Å²) in [4.78, 5) is 0. The number of alkyl halides is 3. The van der Waals surface area contributed by atoms with E-state index in [4.69, 9.17) is 67.9 Å². The maximum Gasteiger partial charge on any atom is 0.336 e. The van der Waals surface area contributed by atoms with Gasteiger partial charge in [0.25, 0.3) is 0 Å². The molecule has 2 rings (SSSR count). The Balaban J connectivity index is 2.51. The molecule has 0 aliphatic carbocycles. The van der Waals surface area contributed by atoms with Gasteiger partial charge in [0.2, 0.25) is 3.79 Å². The fourth-order valence-electron chi connectivity index (χ4n) is 2.63. The predicted molar refractivity (Wildman–Crippen MR) is 115 cm³/mol. The zero-order chi connectivity index (χ0) is 22.0. The molecular formula is C17H16Cl5FN2O3S. The Hall–Kier alpha value is -0.350. The molecule has 0 heterocycles. The summed E-state index contributed by atoms with van der Waals surface area (Å²) in [6, 6.07) is 9.05. The average Bonchev–Trinajstić information content (AvgIpc) is 2.59. The highest BCUT2D eigenvalue weighted by Crippen LogP contribution is 2.37. The first-order valence-corrected chi connectivity index (χ1v) is 11.2. The SMILES string of the molecule is CC(NS(=O)(=O)OCC(Cl)(Cl)Cl)(c1ccc(Cl)cc1F)C(N)c1ccc(Cl)cc1. The Morgan fingerprint density at radius 3 is 2.17 bits per heavy atom. The van der Waals surface area contributed by atoms with Gasteiger partial charge in [-0.15, -0.1) is 0 Å². The van der Waals surface area contributed by atoms with Crippen LogP contribution in [-0.2, 0) is 20.0 Å². The Morgan fingerprint density at radius 1 is 1.10 bits per heavy atom. The molecule has 2 aromatic carbocycles. The molecule has 0 radical (unpaired) electrons. The second-order valence-electron chi connectivity index (χ2n) is 6.29. The van der Waals surface area contributed by atoms with Crippen molar-refractivity contribution in [3.63, 3.8) is 0 Å². The van der Waals surface area contributed by atoms with Crippen LogP contribution in [0, 0.1) is 5.82 Å². The molecule has 0 bridgehead atoms. The van der Waals surface area contributed by atoms with E-state index < -0.39 is 38.1 Å². The van der Waals surface area contributed by atoms with E-state index in [1.807, 2.05) is 0 Å². The Bertz CT molecular complexity index is 970. The summed E-state index contributed by atoms with van der Waals surface area (Å²) >= 11 is 28.4. The van der Waals surface area contributed by atoms with Crippen molar-refractivity contribution in [2.45, 2.75) is 22.3 Å². The molecule has 0 saturated heterocycles. The van der Waals surface area contributed by atoms with Gasteiger partial charge < -0.3 is 5.73 Å². The summed E-state index contributed by atoms with van der Waals surface area (Å²) < 4.78 is 44.7. The van der Waals surface area contributed by atoms with Crippen LogP contribution >= 0.6 is 58.0 Å². The highest BCUT2D eigenvalue weighted by molar-refractivity contribution is 7.84. The van der Waals surface area contributed by atoms with Gasteiger partial charge in [-0.05, 0) is 36.8 Å². The van der Waals surface area contributed by atoms with Gasteiger partial charge in [-0.3, -0.25) is 4.18 Å².